The minimum absolute atomic E-state index is 0.108. The number of rotatable bonds is 3. The molecule has 1 amide bonds. The number of halogens is 2. The van der Waals surface area contributed by atoms with Gasteiger partial charge < -0.3 is 10.2 Å². The van der Waals surface area contributed by atoms with Crippen LogP contribution in [0.25, 0.3) is 10.9 Å². The van der Waals surface area contributed by atoms with E-state index in [2.05, 4.69) is 10.3 Å². The van der Waals surface area contributed by atoms with Crippen LogP contribution in [0.4, 0.5) is 15.8 Å². The molecule has 1 aromatic heterocycles. The van der Waals surface area contributed by atoms with Crippen molar-refractivity contribution in [2.24, 2.45) is 0 Å². The molecule has 0 bridgehead atoms. The number of para-hydroxylation sites is 1. The lowest BCUT2D eigenvalue weighted by Crippen LogP contribution is -2.38. The van der Waals surface area contributed by atoms with Gasteiger partial charge in [0, 0.05) is 36.2 Å². The van der Waals surface area contributed by atoms with Crippen LogP contribution in [0.2, 0.25) is 5.02 Å². The number of amides is 1. The topological polar surface area (TPSA) is 45.2 Å². The van der Waals surface area contributed by atoms with Crippen molar-refractivity contribution in [2.75, 3.05) is 29.9 Å². The summed E-state index contributed by atoms with van der Waals surface area (Å²) in [5.41, 5.74) is 2.20. The fourth-order valence-electron chi connectivity index (χ4n) is 3.10. The molecule has 0 aliphatic carbocycles. The van der Waals surface area contributed by atoms with E-state index >= 15 is 0 Å². The Morgan fingerprint density at radius 2 is 1.96 bits per heavy atom. The second-order valence-corrected chi connectivity index (χ2v) is 7.85. The zero-order valence-corrected chi connectivity index (χ0v) is 16.0. The first-order valence-corrected chi connectivity index (χ1v) is 10.1. The third-order valence-corrected chi connectivity index (χ3v) is 5.76. The van der Waals surface area contributed by atoms with Crippen LogP contribution in [0.5, 0.6) is 0 Å². The SMILES string of the molecule is O=C(c1cnc2ccc(F)cc2c1Nc1ccccc1Cl)N1CCSCC1. The van der Waals surface area contributed by atoms with Crippen molar-refractivity contribution in [1.29, 1.82) is 0 Å². The Kier molecular flexibility index (Phi) is 5.18. The van der Waals surface area contributed by atoms with Gasteiger partial charge in [-0.15, -0.1) is 0 Å². The van der Waals surface area contributed by atoms with E-state index in [4.69, 9.17) is 11.6 Å². The van der Waals surface area contributed by atoms with Gasteiger partial charge in [0.15, 0.2) is 0 Å². The first-order chi connectivity index (χ1) is 13.1. The van der Waals surface area contributed by atoms with Gasteiger partial charge in [-0.3, -0.25) is 9.78 Å². The van der Waals surface area contributed by atoms with Gasteiger partial charge in [-0.2, -0.15) is 11.8 Å². The quantitative estimate of drug-likeness (QED) is 0.673. The number of hydrogen-bond acceptors (Lipinski definition) is 4. The van der Waals surface area contributed by atoms with Gasteiger partial charge in [0.2, 0.25) is 0 Å². The second-order valence-electron chi connectivity index (χ2n) is 6.22. The number of pyridine rings is 1. The van der Waals surface area contributed by atoms with Crippen LogP contribution < -0.4 is 5.32 Å². The maximum absolute atomic E-state index is 13.9. The number of hydrogen-bond donors (Lipinski definition) is 1. The van der Waals surface area contributed by atoms with E-state index in [1.807, 2.05) is 34.9 Å². The molecule has 3 aromatic rings. The van der Waals surface area contributed by atoms with Crippen LogP contribution >= 0.6 is 23.4 Å². The molecule has 2 heterocycles. The lowest BCUT2D eigenvalue weighted by Gasteiger charge is -2.27. The molecule has 138 valence electrons. The van der Waals surface area contributed by atoms with Crippen molar-refractivity contribution in [1.82, 2.24) is 9.88 Å². The molecule has 1 aliphatic heterocycles. The van der Waals surface area contributed by atoms with Gasteiger partial charge >= 0.3 is 0 Å². The minimum Gasteiger partial charge on any atom is -0.353 e. The van der Waals surface area contributed by atoms with Crippen LogP contribution in [0.3, 0.4) is 0 Å². The monoisotopic (exact) mass is 401 g/mol. The number of anilines is 2. The van der Waals surface area contributed by atoms with Crippen LogP contribution in [-0.4, -0.2) is 40.4 Å². The maximum Gasteiger partial charge on any atom is 0.257 e. The third-order valence-electron chi connectivity index (χ3n) is 4.49. The van der Waals surface area contributed by atoms with E-state index in [1.54, 1.807) is 18.3 Å². The maximum atomic E-state index is 13.9. The van der Waals surface area contributed by atoms with Crippen LogP contribution in [-0.2, 0) is 0 Å². The molecule has 1 fully saturated rings. The Balaban J connectivity index is 1.85. The Morgan fingerprint density at radius 3 is 2.74 bits per heavy atom. The summed E-state index contributed by atoms with van der Waals surface area (Å²) in [7, 11) is 0. The average molecular weight is 402 g/mol. The van der Waals surface area contributed by atoms with Gasteiger partial charge in [-0.05, 0) is 30.3 Å². The number of fused-ring (bicyclic) bond motifs is 1. The molecule has 0 atom stereocenters. The highest BCUT2D eigenvalue weighted by Gasteiger charge is 2.23. The molecule has 0 spiro atoms. The van der Waals surface area contributed by atoms with Crippen LogP contribution in [0, 0.1) is 5.82 Å². The molecular formula is C20H17ClFN3OS. The Labute approximate surface area is 165 Å². The average Bonchev–Trinajstić information content (AvgIpc) is 2.70. The van der Waals surface area contributed by atoms with Crippen molar-refractivity contribution in [3.05, 3.63) is 65.1 Å². The molecule has 4 nitrogen and oxygen atoms in total. The van der Waals surface area contributed by atoms with Gasteiger partial charge in [-0.1, -0.05) is 23.7 Å². The fraction of sp³-hybridized carbons (Fsp3) is 0.200. The molecule has 1 N–H and O–H groups in total. The van der Waals surface area contributed by atoms with Gasteiger partial charge in [0.05, 0.1) is 27.5 Å². The predicted octanol–water partition coefficient (Wildman–Crippen LogP) is 4.96. The highest BCUT2D eigenvalue weighted by molar-refractivity contribution is 7.99. The summed E-state index contributed by atoms with van der Waals surface area (Å²) in [6, 6.07) is 11.6. The summed E-state index contributed by atoms with van der Waals surface area (Å²) in [6.45, 7) is 1.38. The van der Waals surface area contributed by atoms with E-state index in [1.165, 1.54) is 12.1 Å². The Bertz CT molecular complexity index is 1010. The largest absolute Gasteiger partial charge is 0.353 e. The fourth-order valence-corrected chi connectivity index (χ4v) is 4.18. The highest BCUT2D eigenvalue weighted by Crippen LogP contribution is 2.33. The number of carbonyl (C=O) groups excluding carboxylic acids is 1. The smallest absolute Gasteiger partial charge is 0.257 e. The molecular weight excluding hydrogens is 385 g/mol. The summed E-state index contributed by atoms with van der Waals surface area (Å²) in [5, 5.41) is 4.31. The number of aromatic nitrogens is 1. The molecule has 0 radical (unpaired) electrons. The molecule has 0 saturated carbocycles. The van der Waals surface area contributed by atoms with Crippen molar-refractivity contribution >= 4 is 51.5 Å². The van der Waals surface area contributed by atoms with Gasteiger partial charge in [0.25, 0.3) is 5.91 Å². The first kappa shape index (κ1) is 18.1. The molecule has 1 saturated heterocycles. The Morgan fingerprint density at radius 1 is 1.19 bits per heavy atom. The molecule has 4 rings (SSSR count). The molecule has 7 heteroatoms. The van der Waals surface area contributed by atoms with Crippen molar-refractivity contribution in [3.8, 4) is 0 Å². The standard InChI is InChI=1S/C20H17ClFN3OS/c21-16-3-1-2-4-18(16)24-19-14-11-13(22)5-6-17(14)23-12-15(19)20(26)25-7-9-27-10-8-25/h1-6,11-12H,7-10H2,(H,23,24). The summed E-state index contributed by atoms with van der Waals surface area (Å²) in [4.78, 5) is 19.3. The molecule has 27 heavy (non-hydrogen) atoms. The zero-order valence-electron chi connectivity index (χ0n) is 14.4. The van der Waals surface area contributed by atoms with Crippen LogP contribution in [0.15, 0.2) is 48.7 Å². The van der Waals surface area contributed by atoms with Gasteiger partial charge in [0.1, 0.15) is 5.82 Å². The summed E-state index contributed by atoms with van der Waals surface area (Å²) < 4.78 is 13.9. The number of benzene rings is 2. The number of carbonyl (C=O) groups is 1. The summed E-state index contributed by atoms with van der Waals surface area (Å²) >= 11 is 8.12. The van der Waals surface area contributed by atoms with E-state index in [0.717, 1.165) is 11.5 Å². The molecule has 1 aliphatic rings. The van der Waals surface area contributed by atoms with E-state index in [-0.39, 0.29) is 11.7 Å². The van der Waals surface area contributed by atoms with E-state index in [0.29, 0.717) is 46.0 Å². The first-order valence-electron chi connectivity index (χ1n) is 8.60. The summed E-state index contributed by atoms with van der Waals surface area (Å²) in [6.07, 6.45) is 1.56. The zero-order chi connectivity index (χ0) is 18.8. The van der Waals surface area contributed by atoms with Crippen molar-refractivity contribution in [3.63, 3.8) is 0 Å². The van der Waals surface area contributed by atoms with E-state index in [9.17, 15) is 9.18 Å². The minimum atomic E-state index is -0.384. The highest BCUT2D eigenvalue weighted by atomic mass is 35.5. The predicted molar refractivity (Wildman–Crippen MR) is 110 cm³/mol. The third kappa shape index (κ3) is 3.73. The molecule has 2 aromatic carbocycles. The second kappa shape index (κ2) is 7.74. The van der Waals surface area contributed by atoms with Crippen molar-refractivity contribution < 1.29 is 9.18 Å². The number of nitrogens with one attached hydrogen (secondary N) is 1. The van der Waals surface area contributed by atoms with Gasteiger partial charge in [-0.25, -0.2) is 4.39 Å². The van der Waals surface area contributed by atoms with E-state index < -0.39 is 0 Å². The van der Waals surface area contributed by atoms with Crippen molar-refractivity contribution in [2.45, 2.75) is 0 Å². The lowest BCUT2D eigenvalue weighted by atomic mass is 10.1. The number of thioether (sulfide) groups is 1. The Hall–Kier alpha value is -2.31. The lowest BCUT2D eigenvalue weighted by molar-refractivity contribution is 0.0773. The number of nitrogens with zero attached hydrogens (tertiary/aromatic N) is 2. The normalized spacial score (nSPS) is 14.4. The molecule has 0 unspecified atom stereocenters. The summed E-state index contributed by atoms with van der Waals surface area (Å²) in [5.74, 6) is 1.33. The van der Waals surface area contributed by atoms with Crippen LogP contribution in [0.1, 0.15) is 10.4 Å².